The summed E-state index contributed by atoms with van der Waals surface area (Å²) in [6, 6.07) is 32.7. The highest BCUT2D eigenvalue weighted by Crippen LogP contribution is 2.31. The number of furan rings is 2. The zero-order valence-electron chi connectivity index (χ0n) is 21.0. The summed E-state index contributed by atoms with van der Waals surface area (Å²) in [5.74, 6) is 0. The van der Waals surface area contributed by atoms with E-state index in [9.17, 15) is 9.59 Å². The number of fused-ring (bicyclic) bond motifs is 6. The molecule has 2 aromatic heterocycles. The van der Waals surface area contributed by atoms with Gasteiger partial charge in [-0.3, -0.25) is 0 Å². The first-order chi connectivity index (χ1) is 19.6. The lowest BCUT2D eigenvalue weighted by molar-refractivity contribution is 0.261. The molecule has 0 aliphatic heterocycles. The largest absolute Gasteiger partial charge is 0.456 e. The van der Waals surface area contributed by atoms with Crippen molar-refractivity contribution in [2.24, 2.45) is 0 Å². The van der Waals surface area contributed by atoms with Crippen molar-refractivity contribution in [2.75, 3.05) is 21.3 Å². The summed E-state index contributed by atoms with van der Waals surface area (Å²) < 4.78 is 11.8. The highest BCUT2D eigenvalue weighted by atomic mass is 16.3. The third-order valence-corrected chi connectivity index (χ3v) is 6.65. The molecule has 194 valence electrons. The predicted molar refractivity (Wildman–Crippen MR) is 159 cm³/mol. The van der Waals surface area contributed by atoms with Gasteiger partial charge in [-0.25, -0.2) is 9.59 Å². The van der Waals surface area contributed by atoms with Gasteiger partial charge < -0.3 is 30.1 Å². The van der Waals surface area contributed by atoms with E-state index in [-0.39, 0.29) is 0 Å². The van der Waals surface area contributed by atoms with Crippen LogP contribution in [0.4, 0.5) is 32.3 Å². The number of carbonyl (C=O) groups is 2. The molecule has 7 rings (SSSR count). The molecule has 0 spiro atoms. The van der Waals surface area contributed by atoms with Gasteiger partial charge in [-0.15, -0.1) is 0 Å². The normalized spacial score (nSPS) is 11.2. The molecule has 8 heteroatoms. The third kappa shape index (κ3) is 4.43. The predicted octanol–water partition coefficient (Wildman–Crippen LogP) is 8.77. The Morgan fingerprint density at radius 2 is 0.800 bits per heavy atom. The summed E-state index contributed by atoms with van der Waals surface area (Å²) in [6.07, 6.45) is 0. The molecule has 0 radical (unpaired) electrons. The molecule has 2 heterocycles. The number of nitrogens with one attached hydrogen (secondary N) is 4. The summed E-state index contributed by atoms with van der Waals surface area (Å²) in [6.45, 7) is 0. The average molecular weight is 527 g/mol. The van der Waals surface area contributed by atoms with E-state index in [1.165, 1.54) is 0 Å². The van der Waals surface area contributed by atoms with Crippen LogP contribution in [0.25, 0.3) is 43.9 Å². The Kier molecular flexibility index (Phi) is 5.56. The van der Waals surface area contributed by atoms with Crippen LogP contribution in [-0.2, 0) is 0 Å². The quantitative estimate of drug-likeness (QED) is 0.184. The van der Waals surface area contributed by atoms with Gasteiger partial charge in [0.05, 0.1) is 0 Å². The minimum atomic E-state index is -0.420. The highest BCUT2D eigenvalue weighted by molar-refractivity contribution is 6.08. The second-order valence-electron chi connectivity index (χ2n) is 9.36. The molecule has 0 unspecified atom stereocenters. The van der Waals surface area contributed by atoms with Crippen molar-refractivity contribution in [3.05, 3.63) is 109 Å². The van der Waals surface area contributed by atoms with E-state index in [2.05, 4.69) is 21.3 Å². The van der Waals surface area contributed by atoms with Gasteiger partial charge in [0.25, 0.3) is 0 Å². The van der Waals surface area contributed by atoms with Crippen molar-refractivity contribution in [3.8, 4) is 0 Å². The SMILES string of the molecule is O=C(Nc1cccc(NC(=O)Nc2ccc3c(c2)oc2ccccc23)c1)Nc1ccc2c(c1)oc1ccccc12. The maximum Gasteiger partial charge on any atom is 0.323 e. The summed E-state index contributed by atoms with van der Waals surface area (Å²) in [4.78, 5) is 25.4. The van der Waals surface area contributed by atoms with Gasteiger partial charge in [-0.2, -0.15) is 0 Å². The topological polar surface area (TPSA) is 109 Å². The number of anilines is 4. The van der Waals surface area contributed by atoms with Crippen molar-refractivity contribution in [1.29, 1.82) is 0 Å². The molecule has 5 aromatic carbocycles. The smallest absolute Gasteiger partial charge is 0.323 e. The molecular formula is C32H22N4O4. The minimum Gasteiger partial charge on any atom is -0.456 e. The number of hydrogen-bond donors (Lipinski definition) is 4. The molecule has 0 fully saturated rings. The lowest BCUT2D eigenvalue weighted by Crippen LogP contribution is -2.21. The second-order valence-corrected chi connectivity index (χ2v) is 9.36. The lowest BCUT2D eigenvalue weighted by atomic mass is 10.1. The first kappa shape index (κ1) is 23.4. The van der Waals surface area contributed by atoms with Crippen molar-refractivity contribution in [2.45, 2.75) is 0 Å². The van der Waals surface area contributed by atoms with Gasteiger partial charge in [0, 0.05) is 56.4 Å². The van der Waals surface area contributed by atoms with Crippen LogP contribution in [0, 0.1) is 0 Å². The molecule has 4 amide bonds. The Balaban J connectivity index is 1.00. The number of hydrogen-bond acceptors (Lipinski definition) is 4. The Hall–Kier alpha value is -5.76. The Morgan fingerprint density at radius 3 is 1.27 bits per heavy atom. The molecule has 7 aromatic rings. The van der Waals surface area contributed by atoms with Crippen LogP contribution < -0.4 is 21.3 Å². The fraction of sp³-hybridized carbons (Fsp3) is 0. The number of carbonyl (C=O) groups excluding carboxylic acids is 2. The Bertz CT molecular complexity index is 1930. The molecular weight excluding hydrogens is 504 g/mol. The lowest BCUT2D eigenvalue weighted by Gasteiger charge is -2.11. The van der Waals surface area contributed by atoms with Crippen LogP contribution in [0.5, 0.6) is 0 Å². The fourth-order valence-corrected chi connectivity index (χ4v) is 4.87. The first-order valence-electron chi connectivity index (χ1n) is 12.7. The number of para-hydroxylation sites is 2. The maximum atomic E-state index is 12.7. The van der Waals surface area contributed by atoms with Crippen LogP contribution in [-0.4, -0.2) is 12.1 Å². The molecule has 0 aliphatic carbocycles. The summed E-state index contributed by atoms with van der Waals surface area (Å²) in [7, 11) is 0. The Labute approximate surface area is 227 Å². The molecule has 4 N–H and O–H groups in total. The van der Waals surface area contributed by atoms with Crippen LogP contribution in [0.3, 0.4) is 0 Å². The number of amides is 4. The number of urea groups is 2. The Morgan fingerprint density at radius 1 is 0.400 bits per heavy atom. The summed E-state index contributed by atoms with van der Waals surface area (Å²) in [5.41, 5.74) is 5.20. The molecule has 0 bridgehead atoms. The van der Waals surface area contributed by atoms with Crippen molar-refractivity contribution < 1.29 is 18.4 Å². The van der Waals surface area contributed by atoms with E-state index in [1.54, 1.807) is 36.4 Å². The standard InChI is InChI=1S/C32H22N4O4/c37-31(35-21-12-14-25-23-8-1-3-10-27(23)39-29(25)17-21)33-19-6-5-7-20(16-19)34-32(38)36-22-13-15-26-24-9-2-4-11-28(24)40-30(26)18-22/h1-18H,(H2,33,35,37)(H2,34,36,38). The second kappa shape index (κ2) is 9.52. The van der Waals surface area contributed by atoms with Crippen LogP contribution in [0.1, 0.15) is 0 Å². The van der Waals surface area contributed by atoms with Gasteiger partial charge in [0.15, 0.2) is 0 Å². The van der Waals surface area contributed by atoms with E-state index >= 15 is 0 Å². The zero-order valence-corrected chi connectivity index (χ0v) is 21.0. The summed E-state index contributed by atoms with van der Waals surface area (Å²) >= 11 is 0. The highest BCUT2D eigenvalue weighted by Gasteiger charge is 2.11. The molecule has 0 atom stereocenters. The van der Waals surface area contributed by atoms with Crippen LogP contribution in [0.2, 0.25) is 0 Å². The average Bonchev–Trinajstić information content (AvgIpc) is 3.50. The monoisotopic (exact) mass is 526 g/mol. The molecule has 0 saturated carbocycles. The third-order valence-electron chi connectivity index (χ3n) is 6.65. The van der Waals surface area contributed by atoms with Crippen molar-refractivity contribution >= 4 is 78.7 Å². The molecule has 40 heavy (non-hydrogen) atoms. The van der Waals surface area contributed by atoms with E-state index in [1.807, 2.05) is 72.8 Å². The van der Waals surface area contributed by atoms with Gasteiger partial charge in [0.2, 0.25) is 0 Å². The minimum absolute atomic E-state index is 0.420. The molecule has 8 nitrogen and oxygen atoms in total. The van der Waals surface area contributed by atoms with E-state index in [0.717, 1.165) is 32.7 Å². The molecule has 0 saturated heterocycles. The van der Waals surface area contributed by atoms with E-state index < -0.39 is 12.1 Å². The van der Waals surface area contributed by atoms with Gasteiger partial charge in [0.1, 0.15) is 22.3 Å². The maximum absolute atomic E-state index is 12.7. The fourth-order valence-electron chi connectivity index (χ4n) is 4.87. The number of benzene rings is 5. The van der Waals surface area contributed by atoms with Crippen molar-refractivity contribution in [3.63, 3.8) is 0 Å². The number of rotatable bonds is 4. The molecule has 0 aliphatic rings. The van der Waals surface area contributed by atoms with E-state index in [0.29, 0.717) is 33.9 Å². The first-order valence-corrected chi connectivity index (χ1v) is 12.7. The van der Waals surface area contributed by atoms with Gasteiger partial charge >= 0.3 is 12.1 Å². The van der Waals surface area contributed by atoms with Crippen molar-refractivity contribution in [1.82, 2.24) is 0 Å². The van der Waals surface area contributed by atoms with Gasteiger partial charge in [-0.1, -0.05) is 42.5 Å². The van der Waals surface area contributed by atoms with E-state index in [4.69, 9.17) is 8.83 Å². The van der Waals surface area contributed by atoms with Crippen LogP contribution in [0.15, 0.2) is 118 Å². The summed E-state index contributed by atoms with van der Waals surface area (Å²) in [5, 5.41) is 15.3. The van der Waals surface area contributed by atoms with Gasteiger partial charge in [-0.05, 0) is 54.6 Å². The van der Waals surface area contributed by atoms with Crippen LogP contribution >= 0.6 is 0 Å². The zero-order chi connectivity index (χ0) is 27.1.